The number of ether oxygens (including phenoxy) is 1. The topological polar surface area (TPSA) is 94.5 Å². The molecule has 0 fully saturated rings. The van der Waals surface area contributed by atoms with Gasteiger partial charge in [0.15, 0.2) is 17.1 Å². The molecule has 0 saturated heterocycles. The minimum atomic E-state index is -0.337. The summed E-state index contributed by atoms with van der Waals surface area (Å²) in [4.78, 5) is 17.0. The number of phenols is 1. The van der Waals surface area contributed by atoms with Gasteiger partial charge in [-0.2, -0.15) is 14.9 Å². The van der Waals surface area contributed by atoms with E-state index in [4.69, 9.17) is 4.74 Å². The van der Waals surface area contributed by atoms with Crippen LogP contribution in [-0.4, -0.2) is 37.9 Å². The summed E-state index contributed by atoms with van der Waals surface area (Å²) in [7, 11) is 1.47. The second-order valence-electron chi connectivity index (χ2n) is 5.70. The van der Waals surface area contributed by atoms with E-state index in [1.165, 1.54) is 31.9 Å². The van der Waals surface area contributed by atoms with Gasteiger partial charge in [0.25, 0.3) is 5.56 Å². The van der Waals surface area contributed by atoms with Crippen molar-refractivity contribution in [1.82, 2.24) is 19.4 Å². The van der Waals surface area contributed by atoms with Crippen LogP contribution in [0.4, 0.5) is 0 Å². The van der Waals surface area contributed by atoms with Gasteiger partial charge in [-0.15, -0.1) is 0 Å². The molecule has 8 heteroatoms. The summed E-state index contributed by atoms with van der Waals surface area (Å²) in [5, 5.41) is 18.6. The summed E-state index contributed by atoms with van der Waals surface area (Å²) in [6.07, 6.45) is 4.27. The molecule has 0 saturated carbocycles. The van der Waals surface area contributed by atoms with Gasteiger partial charge < -0.3 is 9.84 Å². The second-order valence-corrected chi connectivity index (χ2v) is 5.70. The van der Waals surface area contributed by atoms with Gasteiger partial charge in [-0.3, -0.25) is 4.79 Å². The van der Waals surface area contributed by atoms with Gasteiger partial charge >= 0.3 is 0 Å². The van der Waals surface area contributed by atoms with Crippen LogP contribution in [-0.2, 0) is 0 Å². The number of fused-ring (bicyclic) bond motifs is 1. The molecule has 0 aliphatic carbocycles. The number of aromatic hydroxyl groups is 1. The van der Waals surface area contributed by atoms with Crippen molar-refractivity contribution in [3.05, 3.63) is 77.0 Å². The Hall–Kier alpha value is -3.94. The molecule has 0 unspecified atom stereocenters. The van der Waals surface area contributed by atoms with Gasteiger partial charge in [-0.25, -0.2) is 9.67 Å². The zero-order valence-corrected chi connectivity index (χ0v) is 14.4. The highest BCUT2D eigenvalue weighted by molar-refractivity contribution is 5.81. The molecule has 0 aliphatic rings. The van der Waals surface area contributed by atoms with Crippen molar-refractivity contribution in [2.24, 2.45) is 5.10 Å². The first-order valence-corrected chi connectivity index (χ1v) is 8.09. The van der Waals surface area contributed by atoms with Crippen LogP contribution in [0.2, 0.25) is 0 Å². The maximum atomic E-state index is 12.6. The lowest BCUT2D eigenvalue weighted by Crippen LogP contribution is -2.17. The minimum absolute atomic E-state index is 0.00786. The van der Waals surface area contributed by atoms with Crippen molar-refractivity contribution < 1.29 is 9.84 Å². The number of para-hydroxylation sites is 1. The number of methoxy groups -OCH3 is 1. The molecule has 0 atom stereocenters. The van der Waals surface area contributed by atoms with Crippen molar-refractivity contribution >= 4 is 17.2 Å². The van der Waals surface area contributed by atoms with Crippen LogP contribution in [0.25, 0.3) is 16.7 Å². The van der Waals surface area contributed by atoms with Crippen LogP contribution in [0.5, 0.6) is 11.5 Å². The number of benzene rings is 2. The molecule has 134 valence electrons. The Labute approximate surface area is 153 Å². The predicted octanol–water partition coefficient (Wildman–Crippen LogP) is 2.18. The zero-order chi connectivity index (χ0) is 18.8. The van der Waals surface area contributed by atoms with E-state index in [2.05, 4.69) is 15.2 Å². The van der Waals surface area contributed by atoms with Crippen molar-refractivity contribution in [2.45, 2.75) is 0 Å². The van der Waals surface area contributed by atoms with E-state index in [0.717, 1.165) is 10.4 Å². The van der Waals surface area contributed by atoms with Crippen molar-refractivity contribution in [3.63, 3.8) is 0 Å². The summed E-state index contributed by atoms with van der Waals surface area (Å²) >= 11 is 0. The molecule has 8 nitrogen and oxygen atoms in total. The molecule has 1 N–H and O–H groups in total. The predicted molar refractivity (Wildman–Crippen MR) is 101 cm³/mol. The van der Waals surface area contributed by atoms with Crippen LogP contribution in [0.3, 0.4) is 0 Å². The Morgan fingerprint density at radius 1 is 1.19 bits per heavy atom. The highest BCUT2D eigenvalue weighted by Crippen LogP contribution is 2.25. The lowest BCUT2D eigenvalue weighted by atomic mass is 10.2. The molecule has 0 bridgehead atoms. The zero-order valence-electron chi connectivity index (χ0n) is 14.4. The second kappa shape index (κ2) is 6.75. The molecule has 27 heavy (non-hydrogen) atoms. The summed E-state index contributed by atoms with van der Waals surface area (Å²) in [6.45, 7) is 0. The van der Waals surface area contributed by atoms with Crippen LogP contribution in [0.1, 0.15) is 5.56 Å². The highest BCUT2D eigenvalue weighted by Gasteiger charge is 2.11. The molecule has 4 aromatic rings. The van der Waals surface area contributed by atoms with Crippen molar-refractivity contribution in [2.75, 3.05) is 7.11 Å². The summed E-state index contributed by atoms with van der Waals surface area (Å²) in [5.41, 5.74) is 1.55. The van der Waals surface area contributed by atoms with E-state index in [1.807, 2.05) is 30.3 Å². The quantitative estimate of drug-likeness (QED) is 0.562. The normalized spacial score (nSPS) is 11.3. The third kappa shape index (κ3) is 3.04. The Morgan fingerprint density at radius 2 is 2.00 bits per heavy atom. The fourth-order valence-electron chi connectivity index (χ4n) is 2.66. The summed E-state index contributed by atoms with van der Waals surface area (Å²) < 4.78 is 7.73. The fraction of sp³-hybridized carbons (Fsp3) is 0.0526. The summed E-state index contributed by atoms with van der Waals surface area (Å²) in [6, 6.07) is 14.3. The molecule has 2 aromatic heterocycles. The van der Waals surface area contributed by atoms with Crippen LogP contribution in [0.15, 0.2) is 71.0 Å². The third-order valence-electron chi connectivity index (χ3n) is 4.01. The highest BCUT2D eigenvalue weighted by atomic mass is 16.5. The molecule has 2 aromatic carbocycles. The third-order valence-corrected chi connectivity index (χ3v) is 4.01. The minimum Gasteiger partial charge on any atom is -0.504 e. The molecular weight excluding hydrogens is 346 g/mol. The van der Waals surface area contributed by atoms with Crippen LogP contribution < -0.4 is 10.3 Å². The van der Waals surface area contributed by atoms with E-state index >= 15 is 0 Å². The largest absolute Gasteiger partial charge is 0.504 e. The lowest BCUT2D eigenvalue weighted by molar-refractivity contribution is 0.373. The SMILES string of the molecule is COc1ccc(/C=N\n2cnc3c(cnn3-c3ccccc3)c2=O)cc1O. The number of hydrogen-bond donors (Lipinski definition) is 1. The van der Waals surface area contributed by atoms with Crippen molar-refractivity contribution in [1.29, 1.82) is 0 Å². The van der Waals surface area contributed by atoms with Gasteiger partial charge in [0.05, 0.1) is 25.2 Å². The average Bonchev–Trinajstić information content (AvgIpc) is 3.13. The van der Waals surface area contributed by atoms with E-state index in [9.17, 15) is 9.90 Å². The number of hydrogen-bond acceptors (Lipinski definition) is 6. The average molecular weight is 361 g/mol. The van der Waals surface area contributed by atoms with E-state index < -0.39 is 0 Å². The lowest BCUT2D eigenvalue weighted by Gasteiger charge is -2.04. The molecular formula is C19H15N5O3. The van der Waals surface area contributed by atoms with Crippen LogP contribution in [0, 0.1) is 0 Å². The first-order chi connectivity index (χ1) is 13.2. The van der Waals surface area contributed by atoms with Gasteiger partial charge in [0, 0.05) is 0 Å². The molecule has 0 amide bonds. The smallest absolute Gasteiger partial charge is 0.285 e. The Bertz CT molecular complexity index is 1200. The van der Waals surface area contributed by atoms with Gasteiger partial charge in [0.2, 0.25) is 0 Å². The first-order valence-electron chi connectivity index (χ1n) is 8.09. The number of aromatic nitrogens is 4. The monoisotopic (exact) mass is 361 g/mol. The van der Waals surface area contributed by atoms with Crippen molar-refractivity contribution in [3.8, 4) is 17.2 Å². The summed E-state index contributed by atoms with van der Waals surface area (Å²) in [5.74, 6) is 0.354. The van der Waals surface area contributed by atoms with E-state index in [-0.39, 0.29) is 11.3 Å². The Morgan fingerprint density at radius 3 is 2.74 bits per heavy atom. The Balaban J connectivity index is 1.71. The van der Waals surface area contributed by atoms with Gasteiger partial charge in [-0.1, -0.05) is 18.2 Å². The molecule has 2 heterocycles. The molecule has 0 aliphatic heterocycles. The number of rotatable bonds is 4. The standard InChI is InChI=1S/C19H15N5O3/c1-27-17-8-7-13(9-16(17)25)10-21-23-12-20-18-15(19(23)26)11-22-24(18)14-5-3-2-4-6-14/h2-12,25H,1H3/b21-10-. The first kappa shape index (κ1) is 16.5. The van der Waals surface area contributed by atoms with Gasteiger partial charge in [-0.05, 0) is 35.9 Å². The molecule has 4 rings (SSSR count). The van der Waals surface area contributed by atoms with E-state index in [1.54, 1.807) is 16.8 Å². The maximum absolute atomic E-state index is 12.6. The van der Waals surface area contributed by atoms with Gasteiger partial charge in [0.1, 0.15) is 11.7 Å². The number of nitrogens with zero attached hydrogens (tertiary/aromatic N) is 5. The van der Waals surface area contributed by atoms with Crippen LogP contribution >= 0.6 is 0 Å². The molecule has 0 spiro atoms. The fourth-order valence-corrected chi connectivity index (χ4v) is 2.66. The molecule has 0 radical (unpaired) electrons. The Kier molecular flexibility index (Phi) is 4.13. The van der Waals surface area contributed by atoms with E-state index in [0.29, 0.717) is 22.3 Å². The maximum Gasteiger partial charge on any atom is 0.285 e. The number of phenolic OH excluding ortho intramolecular Hbond substituents is 1.